The summed E-state index contributed by atoms with van der Waals surface area (Å²) < 4.78 is 25.8. The Morgan fingerprint density at radius 2 is 1.97 bits per heavy atom. The summed E-state index contributed by atoms with van der Waals surface area (Å²) in [7, 11) is 0. The molecule has 2 aromatic carbocycles. The highest BCUT2D eigenvalue weighted by Crippen LogP contribution is 2.40. The fourth-order valence-electron chi connectivity index (χ4n) is 4.07. The van der Waals surface area contributed by atoms with Crippen LogP contribution in [0.25, 0.3) is 0 Å². The van der Waals surface area contributed by atoms with Crippen molar-refractivity contribution in [3.8, 4) is 5.75 Å². The number of hydrogen-bond acceptors (Lipinski definition) is 7. The Balaban J connectivity index is 1.25. The lowest BCUT2D eigenvalue weighted by molar-refractivity contribution is -0.189. The van der Waals surface area contributed by atoms with Gasteiger partial charge in [0.2, 0.25) is 5.79 Å². The highest BCUT2D eigenvalue weighted by atomic mass is 35.5. The monoisotopic (exact) mass is 576 g/mol. The highest BCUT2D eigenvalue weighted by molar-refractivity contribution is 6.35. The van der Waals surface area contributed by atoms with E-state index in [0.29, 0.717) is 55.0 Å². The Morgan fingerprint density at radius 3 is 2.67 bits per heavy atom. The number of imidazole rings is 1. The Kier molecular flexibility index (Phi) is 9.74. The molecule has 1 aliphatic rings. The Bertz CT molecular complexity index is 1220. The van der Waals surface area contributed by atoms with Crippen LogP contribution in [0.4, 0.5) is 4.79 Å². The number of nitrogens with one attached hydrogen (secondary N) is 2. The van der Waals surface area contributed by atoms with Gasteiger partial charge in [-0.1, -0.05) is 41.4 Å². The van der Waals surface area contributed by atoms with Crippen LogP contribution in [0.15, 0.2) is 61.2 Å². The lowest BCUT2D eigenvalue weighted by Gasteiger charge is -2.30. The highest BCUT2D eigenvalue weighted by Gasteiger charge is 2.45. The van der Waals surface area contributed by atoms with Gasteiger partial charge in [0.1, 0.15) is 24.1 Å². The maximum atomic E-state index is 11.7. The number of nitrogens with zero attached hydrogens (tertiary/aromatic N) is 2. The van der Waals surface area contributed by atoms with Crippen LogP contribution in [0.3, 0.4) is 0 Å². The number of ether oxygens (including phenoxy) is 4. The summed E-state index contributed by atoms with van der Waals surface area (Å²) in [5.41, 5.74) is 1.28. The number of hydrogen-bond donors (Lipinski definition) is 2. The molecule has 0 saturated carbocycles. The van der Waals surface area contributed by atoms with E-state index in [9.17, 15) is 4.79 Å². The lowest BCUT2D eigenvalue weighted by atomic mass is 10.1. The van der Waals surface area contributed by atoms with E-state index < -0.39 is 17.5 Å². The Morgan fingerprint density at radius 1 is 1.18 bits per heavy atom. The van der Waals surface area contributed by atoms with Crippen LogP contribution in [0, 0.1) is 0 Å². The van der Waals surface area contributed by atoms with E-state index in [1.54, 1.807) is 24.7 Å². The van der Waals surface area contributed by atoms with Crippen molar-refractivity contribution in [1.82, 2.24) is 20.2 Å². The molecule has 39 heavy (non-hydrogen) atoms. The summed E-state index contributed by atoms with van der Waals surface area (Å²) >= 11 is 12.7. The predicted molar refractivity (Wildman–Crippen MR) is 149 cm³/mol. The molecule has 2 unspecified atom stereocenters. The standard InChI is InChI=1S/C28H34Cl2N4O5/c1-27(2,3)39-26(35)33-11-10-31-15-20-4-7-22(8-5-20)36-16-23-17-37-28(38-23,18-34-13-12-32-19-34)24-9-6-21(29)14-25(24)30/h4-9,12-14,19,23,31H,10-11,15-18H2,1-3H3,(H,33,35). The van der Waals surface area contributed by atoms with Crippen LogP contribution in [0.2, 0.25) is 10.0 Å². The first-order chi connectivity index (χ1) is 18.6. The molecular weight excluding hydrogens is 543 g/mol. The van der Waals surface area contributed by atoms with Crippen molar-refractivity contribution in [3.05, 3.63) is 82.4 Å². The molecule has 1 fully saturated rings. The van der Waals surface area contributed by atoms with Gasteiger partial charge in [0.05, 0.1) is 24.5 Å². The maximum absolute atomic E-state index is 11.7. The van der Waals surface area contributed by atoms with Crippen molar-refractivity contribution in [2.45, 2.75) is 51.4 Å². The van der Waals surface area contributed by atoms with Crippen molar-refractivity contribution in [1.29, 1.82) is 0 Å². The van der Waals surface area contributed by atoms with E-state index in [2.05, 4.69) is 15.6 Å². The second-order valence-corrected chi connectivity index (χ2v) is 11.1. The minimum atomic E-state index is -1.09. The number of carbonyl (C=O) groups is 1. The molecule has 4 rings (SSSR count). The molecule has 3 aromatic rings. The largest absolute Gasteiger partial charge is 0.491 e. The van der Waals surface area contributed by atoms with Crippen LogP contribution in [0.1, 0.15) is 31.9 Å². The van der Waals surface area contributed by atoms with Crippen LogP contribution >= 0.6 is 23.2 Å². The lowest BCUT2D eigenvalue weighted by Crippen LogP contribution is -2.36. The first kappa shape index (κ1) is 29.2. The number of amides is 1. The summed E-state index contributed by atoms with van der Waals surface area (Å²) in [6.45, 7) is 8.28. The second-order valence-electron chi connectivity index (χ2n) is 10.2. The van der Waals surface area contributed by atoms with Crippen LogP contribution in [-0.4, -0.2) is 53.7 Å². The first-order valence-electron chi connectivity index (χ1n) is 12.7. The topological polar surface area (TPSA) is 95.9 Å². The minimum absolute atomic E-state index is 0.306. The summed E-state index contributed by atoms with van der Waals surface area (Å²) in [6, 6.07) is 13.1. The van der Waals surface area contributed by atoms with E-state index in [-0.39, 0.29) is 6.10 Å². The third-order valence-electron chi connectivity index (χ3n) is 5.81. The fourth-order valence-corrected chi connectivity index (χ4v) is 4.62. The average molecular weight is 578 g/mol. The third kappa shape index (κ3) is 8.58. The molecule has 210 valence electrons. The number of rotatable bonds is 11. The second kappa shape index (κ2) is 13.0. The average Bonchev–Trinajstić information content (AvgIpc) is 3.53. The molecule has 2 N–H and O–H groups in total. The molecule has 0 spiro atoms. The summed E-state index contributed by atoms with van der Waals surface area (Å²) in [5, 5.41) is 7.03. The van der Waals surface area contributed by atoms with Crippen molar-refractivity contribution in [2.24, 2.45) is 0 Å². The van der Waals surface area contributed by atoms with Crippen LogP contribution < -0.4 is 15.4 Å². The molecule has 0 radical (unpaired) electrons. The third-order valence-corrected chi connectivity index (χ3v) is 6.36. The molecule has 1 aromatic heterocycles. The van der Waals surface area contributed by atoms with E-state index in [1.807, 2.05) is 61.9 Å². The number of halogens is 2. The zero-order valence-electron chi connectivity index (χ0n) is 22.3. The van der Waals surface area contributed by atoms with Gasteiger partial charge in [-0.3, -0.25) is 0 Å². The van der Waals surface area contributed by atoms with E-state index in [1.165, 1.54) is 0 Å². The molecule has 11 heteroatoms. The maximum Gasteiger partial charge on any atom is 0.407 e. The molecule has 9 nitrogen and oxygen atoms in total. The normalized spacial score (nSPS) is 19.2. The van der Waals surface area contributed by atoms with Crippen molar-refractivity contribution in [2.75, 3.05) is 26.3 Å². The molecule has 0 aliphatic carbocycles. The van der Waals surface area contributed by atoms with Crippen LogP contribution in [-0.2, 0) is 33.1 Å². The number of alkyl carbamates (subject to hydrolysis) is 1. The van der Waals surface area contributed by atoms with E-state index in [4.69, 9.17) is 42.1 Å². The zero-order valence-corrected chi connectivity index (χ0v) is 23.8. The first-order valence-corrected chi connectivity index (χ1v) is 13.5. The molecule has 0 bridgehead atoms. The molecule has 1 aliphatic heterocycles. The van der Waals surface area contributed by atoms with Gasteiger partial charge in [-0.2, -0.15) is 0 Å². The summed E-state index contributed by atoms with van der Waals surface area (Å²) in [5.74, 6) is -0.366. The number of carbonyl (C=O) groups excluding carboxylic acids is 1. The van der Waals surface area contributed by atoms with Gasteiger partial charge in [-0.05, 0) is 50.6 Å². The smallest absolute Gasteiger partial charge is 0.407 e. The SMILES string of the molecule is CC(C)(C)OC(=O)NCCNCc1ccc(OCC2COC(Cn3ccnc3)(c3ccc(Cl)cc3Cl)O2)cc1. The summed E-state index contributed by atoms with van der Waals surface area (Å²) in [6.07, 6.45) is 4.52. The van der Waals surface area contributed by atoms with E-state index >= 15 is 0 Å². The molecule has 1 amide bonds. The van der Waals surface area contributed by atoms with Gasteiger partial charge in [-0.25, -0.2) is 9.78 Å². The van der Waals surface area contributed by atoms with Crippen molar-refractivity contribution >= 4 is 29.3 Å². The van der Waals surface area contributed by atoms with Gasteiger partial charge < -0.3 is 34.1 Å². The minimum Gasteiger partial charge on any atom is -0.491 e. The van der Waals surface area contributed by atoms with Crippen LogP contribution in [0.5, 0.6) is 5.75 Å². The van der Waals surface area contributed by atoms with E-state index in [0.717, 1.165) is 11.3 Å². The number of aromatic nitrogens is 2. The van der Waals surface area contributed by atoms with Crippen molar-refractivity contribution in [3.63, 3.8) is 0 Å². The molecule has 2 heterocycles. The number of benzene rings is 2. The predicted octanol–water partition coefficient (Wildman–Crippen LogP) is 5.15. The fraction of sp³-hybridized carbons (Fsp3) is 0.429. The Hall–Kier alpha value is -2.82. The quantitative estimate of drug-likeness (QED) is 0.305. The van der Waals surface area contributed by atoms with Gasteiger partial charge in [-0.15, -0.1) is 0 Å². The molecular formula is C28H34Cl2N4O5. The van der Waals surface area contributed by atoms with Gasteiger partial charge >= 0.3 is 6.09 Å². The van der Waals surface area contributed by atoms with Crippen molar-refractivity contribution < 1.29 is 23.7 Å². The van der Waals surface area contributed by atoms with Gasteiger partial charge in [0.15, 0.2) is 0 Å². The Labute approximate surface area is 238 Å². The summed E-state index contributed by atoms with van der Waals surface area (Å²) in [4.78, 5) is 15.8. The van der Waals surface area contributed by atoms with Gasteiger partial charge in [0.25, 0.3) is 0 Å². The zero-order chi connectivity index (χ0) is 27.9. The van der Waals surface area contributed by atoms with Gasteiger partial charge in [0, 0.05) is 42.6 Å². The molecule has 2 atom stereocenters. The molecule has 1 saturated heterocycles.